The van der Waals surface area contributed by atoms with Crippen LogP contribution in [0.1, 0.15) is 36.8 Å². The lowest BCUT2D eigenvalue weighted by molar-refractivity contribution is -0.137. The molecule has 1 aromatic rings. The number of alkyl halides is 3. The van der Waals surface area contributed by atoms with Crippen LogP contribution in [0.4, 0.5) is 23.7 Å². The number of rotatable bonds is 7. The molecular weight excluding hydrogens is 387 g/mol. The van der Waals surface area contributed by atoms with Gasteiger partial charge in [0, 0.05) is 26.1 Å². The number of carboxylic acids is 1. The number of benzene rings is 1. The van der Waals surface area contributed by atoms with Gasteiger partial charge in [0.25, 0.3) is 0 Å². The minimum Gasteiger partial charge on any atom is -0.481 e. The lowest BCUT2D eigenvalue weighted by Gasteiger charge is -2.26. The molecule has 2 aliphatic heterocycles. The molecule has 0 aliphatic carbocycles. The number of nitrogens with zero attached hydrogens (tertiary/aromatic N) is 2. The van der Waals surface area contributed by atoms with E-state index in [1.54, 1.807) is 4.90 Å². The molecule has 2 aliphatic rings. The monoisotopic (exact) mass is 413 g/mol. The normalized spacial score (nSPS) is 18.5. The second-order valence-electron chi connectivity index (χ2n) is 7.65. The average molecular weight is 413 g/mol. The van der Waals surface area contributed by atoms with Crippen molar-refractivity contribution in [1.29, 1.82) is 0 Å². The summed E-state index contributed by atoms with van der Waals surface area (Å²) in [5.74, 6) is -0.529. The first-order valence-corrected chi connectivity index (χ1v) is 9.95. The highest BCUT2D eigenvalue weighted by atomic mass is 19.4. The van der Waals surface area contributed by atoms with Gasteiger partial charge in [-0.3, -0.25) is 9.69 Å². The van der Waals surface area contributed by atoms with E-state index in [0.29, 0.717) is 19.0 Å². The summed E-state index contributed by atoms with van der Waals surface area (Å²) < 4.78 is 40.9. The number of urea groups is 1. The van der Waals surface area contributed by atoms with Crippen LogP contribution in [-0.2, 0) is 17.4 Å². The Labute approximate surface area is 167 Å². The Morgan fingerprint density at radius 1 is 1.21 bits per heavy atom. The fourth-order valence-electron chi connectivity index (χ4n) is 3.97. The molecule has 0 aromatic heterocycles. The molecule has 2 saturated heterocycles. The number of aliphatic carboxylic acids is 1. The maximum absolute atomic E-state index is 13.6. The Kier molecular flexibility index (Phi) is 6.66. The first-order valence-electron chi connectivity index (χ1n) is 9.95. The molecule has 0 spiro atoms. The first-order chi connectivity index (χ1) is 13.8. The van der Waals surface area contributed by atoms with E-state index < -0.39 is 23.7 Å². The molecule has 3 rings (SSSR count). The van der Waals surface area contributed by atoms with Gasteiger partial charge >= 0.3 is 18.2 Å². The van der Waals surface area contributed by atoms with Gasteiger partial charge < -0.3 is 15.3 Å². The number of carbonyl (C=O) groups is 2. The number of aryl methyl sites for hydroxylation is 1. The van der Waals surface area contributed by atoms with Crippen molar-refractivity contribution in [3.63, 3.8) is 0 Å². The number of halogens is 3. The zero-order valence-electron chi connectivity index (χ0n) is 16.2. The Balaban J connectivity index is 1.71. The van der Waals surface area contributed by atoms with E-state index in [9.17, 15) is 22.8 Å². The Hall–Kier alpha value is -2.29. The standard InChI is InChI=1S/C20H26F3N3O3/c21-20(22,23)16-13-15(2-4-18(27)28)1-3-17(16)26-12-11-25(19(26)29)10-7-14-5-8-24-9-6-14/h1,3,13-14,24H,2,4-12H2,(H,27,28). The van der Waals surface area contributed by atoms with Crippen LogP contribution in [0.25, 0.3) is 0 Å². The number of carbonyl (C=O) groups excluding carboxylic acids is 1. The molecule has 160 valence electrons. The molecule has 6 nitrogen and oxygen atoms in total. The van der Waals surface area contributed by atoms with Gasteiger partial charge in [0.15, 0.2) is 0 Å². The van der Waals surface area contributed by atoms with E-state index in [1.165, 1.54) is 17.0 Å². The predicted molar refractivity (Wildman–Crippen MR) is 102 cm³/mol. The SMILES string of the molecule is O=C(O)CCc1ccc(N2CCN(CCC3CCNCC3)C2=O)c(C(F)(F)F)c1. The van der Waals surface area contributed by atoms with Crippen LogP contribution in [0, 0.1) is 5.92 Å². The minimum absolute atomic E-state index is 0.00894. The van der Waals surface area contributed by atoms with Crippen molar-refractivity contribution in [2.45, 2.75) is 38.3 Å². The third-order valence-corrected chi connectivity index (χ3v) is 5.65. The lowest BCUT2D eigenvalue weighted by atomic mass is 9.94. The predicted octanol–water partition coefficient (Wildman–Crippen LogP) is 3.35. The van der Waals surface area contributed by atoms with Crippen molar-refractivity contribution in [2.75, 3.05) is 37.6 Å². The van der Waals surface area contributed by atoms with Gasteiger partial charge in [0.05, 0.1) is 11.3 Å². The Morgan fingerprint density at radius 3 is 2.59 bits per heavy atom. The van der Waals surface area contributed by atoms with Gasteiger partial charge in [-0.1, -0.05) is 6.07 Å². The number of piperidine rings is 1. The van der Waals surface area contributed by atoms with Gasteiger partial charge in [-0.2, -0.15) is 13.2 Å². The van der Waals surface area contributed by atoms with Crippen molar-refractivity contribution in [1.82, 2.24) is 10.2 Å². The summed E-state index contributed by atoms with van der Waals surface area (Å²) in [6.45, 7) is 3.10. The minimum atomic E-state index is -4.63. The van der Waals surface area contributed by atoms with Crippen LogP contribution in [0.3, 0.4) is 0 Å². The highest BCUT2D eigenvalue weighted by molar-refractivity contribution is 5.95. The summed E-state index contributed by atoms with van der Waals surface area (Å²) in [5.41, 5.74) is -0.766. The number of hydrogen-bond donors (Lipinski definition) is 2. The number of amides is 2. The largest absolute Gasteiger partial charge is 0.481 e. The molecule has 0 unspecified atom stereocenters. The van der Waals surface area contributed by atoms with Crippen molar-refractivity contribution in [3.05, 3.63) is 29.3 Å². The van der Waals surface area contributed by atoms with E-state index >= 15 is 0 Å². The average Bonchev–Trinajstić information content (AvgIpc) is 3.05. The van der Waals surface area contributed by atoms with Crippen LogP contribution < -0.4 is 10.2 Å². The lowest BCUT2D eigenvalue weighted by Crippen LogP contribution is -2.35. The topological polar surface area (TPSA) is 72.9 Å². The summed E-state index contributed by atoms with van der Waals surface area (Å²) in [7, 11) is 0. The van der Waals surface area contributed by atoms with Crippen molar-refractivity contribution in [3.8, 4) is 0 Å². The zero-order valence-corrected chi connectivity index (χ0v) is 16.2. The number of nitrogens with one attached hydrogen (secondary N) is 1. The molecule has 0 bridgehead atoms. The van der Waals surface area contributed by atoms with Crippen LogP contribution in [-0.4, -0.2) is 54.7 Å². The molecular formula is C20H26F3N3O3. The van der Waals surface area contributed by atoms with Crippen LogP contribution in [0.15, 0.2) is 18.2 Å². The number of carboxylic acid groups (broad SMARTS) is 1. The first kappa shape index (κ1) is 21.4. The van der Waals surface area contributed by atoms with Gasteiger partial charge in [-0.15, -0.1) is 0 Å². The zero-order chi connectivity index (χ0) is 21.0. The summed E-state index contributed by atoms with van der Waals surface area (Å²) in [6, 6.07) is 3.32. The van der Waals surface area contributed by atoms with E-state index in [-0.39, 0.29) is 30.6 Å². The van der Waals surface area contributed by atoms with Crippen molar-refractivity contribution in [2.24, 2.45) is 5.92 Å². The highest BCUT2D eigenvalue weighted by Crippen LogP contribution is 2.38. The maximum Gasteiger partial charge on any atom is 0.418 e. The second-order valence-corrected chi connectivity index (χ2v) is 7.65. The van der Waals surface area contributed by atoms with Gasteiger partial charge in [-0.25, -0.2) is 4.79 Å². The third-order valence-electron chi connectivity index (χ3n) is 5.65. The molecule has 1 aromatic carbocycles. The summed E-state index contributed by atoms with van der Waals surface area (Å²) >= 11 is 0. The summed E-state index contributed by atoms with van der Waals surface area (Å²) in [4.78, 5) is 26.3. The van der Waals surface area contributed by atoms with E-state index in [4.69, 9.17) is 5.11 Å². The van der Waals surface area contributed by atoms with Gasteiger partial charge in [0.2, 0.25) is 0 Å². The molecule has 29 heavy (non-hydrogen) atoms. The number of anilines is 1. The fraction of sp³-hybridized carbons (Fsp3) is 0.600. The quantitative estimate of drug-likeness (QED) is 0.719. The molecule has 0 atom stereocenters. The van der Waals surface area contributed by atoms with E-state index in [0.717, 1.165) is 38.4 Å². The molecule has 2 fully saturated rings. The fourth-order valence-corrected chi connectivity index (χ4v) is 3.97. The molecule has 2 heterocycles. The van der Waals surface area contributed by atoms with Gasteiger partial charge in [0.1, 0.15) is 0 Å². The molecule has 9 heteroatoms. The second kappa shape index (κ2) is 9.02. The van der Waals surface area contributed by atoms with Crippen LogP contribution >= 0.6 is 0 Å². The van der Waals surface area contributed by atoms with E-state index in [1.807, 2.05) is 0 Å². The number of hydrogen-bond acceptors (Lipinski definition) is 3. The third kappa shape index (κ3) is 5.41. The molecule has 2 amide bonds. The van der Waals surface area contributed by atoms with Crippen molar-refractivity contribution >= 4 is 17.7 Å². The summed E-state index contributed by atoms with van der Waals surface area (Å²) in [6.07, 6.45) is -1.89. The maximum atomic E-state index is 13.6. The molecule has 2 N–H and O–H groups in total. The Morgan fingerprint density at radius 2 is 1.93 bits per heavy atom. The van der Waals surface area contributed by atoms with Crippen LogP contribution in [0.2, 0.25) is 0 Å². The highest BCUT2D eigenvalue weighted by Gasteiger charge is 2.39. The Bertz CT molecular complexity index is 748. The van der Waals surface area contributed by atoms with E-state index in [2.05, 4.69) is 5.32 Å². The summed E-state index contributed by atoms with van der Waals surface area (Å²) in [5, 5.41) is 12.0. The smallest absolute Gasteiger partial charge is 0.418 e. The van der Waals surface area contributed by atoms with Crippen molar-refractivity contribution < 1.29 is 27.9 Å². The van der Waals surface area contributed by atoms with Crippen LogP contribution in [0.5, 0.6) is 0 Å². The van der Waals surface area contributed by atoms with Gasteiger partial charge in [-0.05, 0) is 62.4 Å². The molecule has 0 radical (unpaired) electrons. The molecule has 0 saturated carbocycles.